The van der Waals surface area contributed by atoms with E-state index < -0.39 is 0 Å². The summed E-state index contributed by atoms with van der Waals surface area (Å²) in [6, 6.07) is 18.0. The quantitative estimate of drug-likeness (QED) is 0.243. The highest BCUT2D eigenvalue weighted by Crippen LogP contribution is 2.29. The summed E-state index contributed by atoms with van der Waals surface area (Å²) < 4.78 is 6.05. The highest BCUT2D eigenvalue weighted by molar-refractivity contribution is 5.83. The molecule has 3 aromatic carbocycles. The van der Waals surface area contributed by atoms with Gasteiger partial charge in [-0.3, -0.25) is 0 Å². The second kappa shape index (κ2) is 11.9. The van der Waals surface area contributed by atoms with Crippen LogP contribution in [-0.2, 0) is 6.42 Å². The zero-order valence-electron chi connectivity index (χ0n) is 22.4. The Hall–Kier alpha value is -3.93. The molecule has 5 rings (SSSR count). The molecule has 1 atom stereocenters. The highest BCUT2D eigenvalue weighted by Gasteiger charge is 2.08. The number of aromatic hydroxyl groups is 1. The summed E-state index contributed by atoms with van der Waals surface area (Å²) in [6.07, 6.45) is 4.81. The van der Waals surface area contributed by atoms with Crippen molar-refractivity contribution in [2.24, 2.45) is 5.92 Å². The summed E-state index contributed by atoms with van der Waals surface area (Å²) in [5.74, 6) is 2.94. The van der Waals surface area contributed by atoms with Gasteiger partial charge in [-0.05, 0) is 91.8 Å². The molecule has 37 heavy (non-hydrogen) atoms. The van der Waals surface area contributed by atoms with Gasteiger partial charge in [0.05, 0.1) is 23.2 Å². The van der Waals surface area contributed by atoms with E-state index in [1.54, 1.807) is 18.2 Å². The van der Waals surface area contributed by atoms with Crippen LogP contribution >= 0.6 is 0 Å². The number of hydrogen-bond acceptors (Lipinski definition) is 5. The SMILES string of the molecule is CCc1cc(-c2ccc3nc(C)[nH]c3c2)ccc1OCCC(C)CC.Cc1ncnc2ccc(O)cc12. The Kier molecular flexibility index (Phi) is 8.39. The lowest BCUT2D eigenvalue weighted by Crippen LogP contribution is -2.04. The van der Waals surface area contributed by atoms with Gasteiger partial charge in [0.15, 0.2) is 0 Å². The third kappa shape index (κ3) is 6.45. The van der Waals surface area contributed by atoms with Crippen LogP contribution in [0.5, 0.6) is 11.5 Å². The predicted octanol–water partition coefficient (Wildman–Crippen LogP) is 7.56. The Morgan fingerprint density at radius 3 is 2.46 bits per heavy atom. The number of nitrogens with one attached hydrogen (secondary N) is 1. The summed E-state index contributed by atoms with van der Waals surface area (Å²) >= 11 is 0. The van der Waals surface area contributed by atoms with Gasteiger partial charge in [0.25, 0.3) is 0 Å². The Labute approximate surface area is 218 Å². The molecule has 0 saturated carbocycles. The van der Waals surface area contributed by atoms with Crippen LogP contribution in [0.1, 0.15) is 50.7 Å². The van der Waals surface area contributed by atoms with Crippen molar-refractivity contribution in [2.75, 3.05) is 6.61 Å². The molecule has 1 unspecified atom stereocenters. The number of nitrogens with zero attached hydrogens (tertiary/aromatic N) is 3. The molecule has 5 aromatic rings. The number of phenolic OH excluding ortho intramolecular Hbond substituents is 1. The fourth-order valence-corrected chi connectivity index (χ4v) is 4.24. The molecule has 6 nitrogen and oxygen atoms in total. The normalized spacial score (nSPS) is 11.8. The van der Waals surface area contributed by atoms with E-state index in [2.05, 4.69) is 77.1 Å². The number of H-pyrrole nitrogens is 1. The third-order valence-electron chi connectivity index (χ3n) is 6.76. The van der Waals surface area contributed by atoms with E-state index in [9.17, 15) is 5.11 Å². The number of hydrogen-bond donors (Lipinski definition) is 2. The monoisotopic (exact) mass is 496 g/mol. The number of fused-ring (bicyclic) bond motifs is 2. The topological polar surface area (TPSA) is 83.9 Å². The minimum Gasteiger partial charge on any atom is -0.508 e. The summed E-state index contributed by atoms with van der Waals surface area (Å²) in [5, 5.41) is 10.1. The lowest BCUT2D eigenvalue weighted by molar-refractivity contribution is 0.279. The highest BCUT2D eigenvalue weighted by atomic mass is 16.5. The van der Waals surface area contributed by atoms with E-state index in [4.69, 9.17) is 4.74 Å². The van der Waals surface area contributed by atoms with E-state index in [1.165, 1.54) is 29.4 Å². The van der Waals surface area contributed by atoms with Crippen LogP contribution in [0, 0.1) is 19.8 Å². The van der Waals surface area contributed by atoms with Crippen molar-refractivity contribution in [1.82, 2.24) is 19.9 Å². The number of benzene rings is 3. The zero-order chi connectivity index (χ0) is 26.4. The average Bonchev–Trinajstić information content (AvgIpc) is 3.29. The number of aromatic nitrogens is 4. The van der Waals surface area contributed by atoms with E-state index in [-0.39, 0.29) is 5.75 Å². The minimum absolute atomic E-state index is 0.250. The van der Waals surface area contributed by atoms with Crippen LogP contribution in [0.3, 0.4) is 0 Å². The molecule has 0 radical (unpaired) electrons. The van der Waals surface area contributed by atoms with Crippen LogP contribution in [0.15, 0.2) is 60.9 Å². The summed E-state index contributed by atoms with van der Waals surface area (Å²) in [7, 11) is 0. The molecule has 0 amide bonds. The smallest absolute Gasteiger partial charge is 0.122 e. The molecule has 0 aliphatic rings. The van der Waals surface area contributed by atoms with Crippen molar-refractivity contribution in [1.29, 1.82) is 0 Å². The first-order chi connectivity index (χ1) is 17.9. The van der Waals surface area contributed by atoms with Gasteiger partial charge >= 0.3 is 0 Å². The van der Waals surface area contributed by atoms with Crippen molar-refractivity contribution in [3.05, 3.63) is 78.0 Å². The molecule has 0 aliphatic carbocycles. The molecule has 0 aliphatic heterocycles. The summed E-state index contributed by atoms with van der Waals surface area (Å²) in [6.45, 7) is 11.4. The standard InChI is InChI=1S/C22H28N2O.C9H8N2O/c1-5-15(3)11-12-25-22-10-8-18(13-17(22)6-2)19-7-9-20-21(14-19)24-16(4)23-20;1-6-8-4-7(12)2-3-9(8)11-5-10-6/h7-10,13-15H,5-6,11-12H2,1-4H3,(H,23,24);2-5,12H,1H3. The van der Waals surface area contributed by atoms with Crippen molar-refractivity contribution in [3.8, 4) is 22.6 Å². The molecule has 2 aromatic heterocycles. The van der Waals surface area contributed by atoms with E-state index in [1.807, 2.05) is 13.8 Å². The van der Waals surface area contributed by atoms with E-state index in [0.717, 1.165) is 58.7 Å². The van der Waals surface area contributed by atoms with Gasteiger partial charge in [0.1, 0.15) is 23.7 Å². The van der Waals surface area contributed by atoms with Gasteiger partial charge in [-0.25, -0.2) is 15.0 Å². The number of phenols is 1. The maximum Gasteiger partial charge on any atom is 0.122 e. The Balaban J connectivity index is 0.000000222. The first-order valence-electron chi connectivity index (χ1n) is 13.0. The Morgan fingerprint density at radius 2 is 1.68 bits per heavy atom. The molecule has 6 heteroatoms. The predicted molar refractivity (Wildman–Crippen MR) is 151 cm³/mol. The van der Waals surface area contributed by atoms with Crippen LogP contribution in [0.4, 0.5) is 0 Å². The lowest BCUT2D eigenvalue weighted by Gasteiger charge is -2.14. The van der Waals surface area contributed by atoms with Crippen LogP contribution in [-0.4, -0.2) is 31.6 Å². The molecule has 0 saturated heterocycles. The molecular formula is C31H36N4O2. The van der Waals surface area contributed by atoms with Gasteiger partial charge in [0.2, 0.25) is 0 Å². The Bertz CT molecular complexity index is 1490. The first-order valence-corrected chi connectivity index (χ1v) is 13.0. The fraction of sp³-hybridized carbons (Fsp3) is 0.323. The third-order valence-corrected chi connectivity index (χ3v) is 6.76. The van der Waals surface area contributed by atoms with Crippen molar-refractivity contribution in [3.63, 3.8) is 0 Å². The Morgan fingerprint density at radius 1 is 0.919 bits per heavy atom. The number of ether oxygens (including phenoxy) is 1. The molecule has 0 fully saturated rings. The largest absolute Gasteiger partial charge is 0.508 e. The van der Waals surface area contributed by atoms with E-state index >= 15 is 0 Å². The number of rotatable bonds is 7. The molecule has 192 valence electrons. The average molecular weight is 497 g/mol. The van der Waals surface area contributed by atoms with Gasteiger partial charge in [0, 0.05) is 11.1 Å². The van der Waals surface area contributed by atoms with Crippen molar-refractivity contribution < 1.29 is 9.84 Å². The molecule has 2 heterocycles. The van der Waals surface area contributed by atoms with Crippen LogP contribution in [0.25, 0.3) is 33.1 Å². The maximum atomic E-state index is 9.20. The number of imidazole rings is 1. The van der Waals surface area contributed by atoms with Gasteiger partial charge in [-0.15, -0.1) is 0 Å². The number of aryl methyl sites for hydroxylation is 3. The molecular weight excluding hydrogens is 460 g/mol. The van der Waals surface area contributed by atoms with Gasteiger partial charge in [-0.1, -0.05) is 39.3 Å². The number of aromatic amines is 1. The summed E-state index contributed by atoms with van der Waals surface area (Å²) in [4.78, 5) is 15.9. The maximum absolute atomic E-state index is 9.20. The fourth-order valence-electron chi connectivity index (χ4n) is 4.24. The first kappa shape index (κ1) is 26.1. The van der Waals surface area contributed by atoms with Gasteiger partial charge < -0.3 is 14.8 Å². The zero-order valence-corrected chi connectivity index (χ0v) is 22.4. The second-order valence-corrected chi connectivity index (χ2v) is 9.54. The van der Waals surface area contributed by atoms with E-state index in [0.29, 0.717) is 5.92 Å². The molecule has 0 spiro atoms. The minimum atomic E-state index is 0.250. The molecule has 2 N–H and O–H groups in total. The lowest BCUT2D eigenvalue weighted by atomic mass is 10.0. The van der Waals surface area contributed by atoms with Crippen LogP contribution in [0.2, 0.25) is 0 Å². The van der Waals surface area contributed by atoms with Crippen LogP contribution < -0.4 is 4.74 Å². The van der Waals surface area contributed by atoms with Gasteiger partial charge in [-0.2, -0.15) is 0 Å². The molecule has 0 bridgehead atoms. The summed E-state index contributed by atoms with van der Waals surface area (Å²) in [5.41, 5.74) is 7.54. The van der Waals surface area contributed by atoms with Crippen molar-refractivity contribution >= 4 is 21.9 Å². The van der Waals surface area contributed by atoms with Crippen molar-refractivity contribution in [2.45, 2.75) is 53.9 Å². The second-order valence-electron chi connectivity index (χ2n) is 9.54.